The average molecular weight is 328 g/mol. The predicted octanol–water partition coefficient (Wildman–Crippen LogP) is 4.02. The number of aromatic nitrogens is 1. The zero-order valence-corrected chi connectivity index (χ0v) is 13.5. The molecule has 2 aromatic rings. The second-order valence-corrected chi connectivity index (χ2v) is 6.66. The van der Waals surface area contributed by atoms with E-state index in [2.05, 4.69) is 10.3 Å². The van der Waals surface area contributed by atoms with E-state index in [4.69, 9.17) is 9.47 Å². The van der Waals surface area contributed by atoms with Gasteiger partial charge < -0.3 is 14.8 Å². The number of ether oxygens (including phenoxy) is 2. The molecule has 0 spiro atoms. The quantitative estimate of drug-likeness (QED) is 0.870. The average Bonchev–Trinajstić information content (AvgIpc) is 3.16. The minimum atomic E-state index is -2.58. The summed E-state index contributed by atoms with van der Waals surface area (Å²) in [6.07, 6.45) is 0.572. The van der Waals surface area contributed by atoms with Gasteiger partial charge in [0.05, 0.1) is 24.4 Å². The van der Waals surface area contributed by atoms with Crippen LogP contribution in [0.2, 0.25) is 0 Å². The first-order valence-corrected chi connectivity index (χ1v) is 7.88. The van der Waals surface area contributed by atoms with Crippen LogP contribution in [0.5, 0.6) is 11.5 Å². The molecule has 1 N–H and O–H groups in total. The lowest BCUT2D eigenvalue weighted by atomic mass is 10.2. The number of anilines is 1. The van der Waals surface area contributed by atoms with Crippen LogP contribution in [0.4, 0.5) is 13.9 Å². The first-order chi connectivity index (χ1) is 10.4. The van der Waals surface area contributed by atoms with Gasteiger partial charge in [-0.25, -0.2) is 13.8 Å². The molecule has 3 rings (SSSR count). The van der Waals surface area contributed by atoms with E-state index in [1.165, 1.54) is 11.3 Å². The molecule has 0 radical (unpaired) electrons. The second kappa shape index (κ2) is 5.53. The van der Waals surface area contributed by atoms with Gasteiger partial charge in [-0.1, -0.05) is 11.3 Å². The summed E-state index contributed by atoms with van der Waals surface area (Å²) in [6.45, 7) is 1.52. The van der Waals surface area contributed by atoms with Crippen molar-refractivity contribution < 1.29 is 18.3 Å². The van der Waals surface area contributed by atoms with Gasteiger partial charge in [-0.05, 0) is 19.3 Å². The molecule has 1 aliphatic rings. The molecule has 1 heterocycles. The highest BCUT2D eigenvalue weighted by Crippen LogP contribution is 2.49. The Bertz CT molecular complexity index is 643. The minimum Gasteiger partial charge on any atom is -0.493 e. The van der Waals surface area contributed by atoms with Crippen molar-refractivity contribution >= 4 is 26.7 Å². The van der Waals surface area contributed by atoms with E-state index in [-0.39, 0.29) is 5.92 Å². The van der Waals surface area contributed by atoms with Crippen molar-refractivity contribution in [3.8, 4) is 11.5 Å². The summed E-state index contributed by atoms with van der Waals surface area (Å²) in [6, 6.07) is 3.69. The highest BCUT2D eigenvalue weighted by molar-refractivity contribution is 7.22. The molecule has 1 aromatic heterocycles. The third-order valence-corrected chi connectivity index (χ3v) is 4.96. The Hall–Kier alpha value is -1.63. The minimum absolute atomic E-state index is 0.0242. The fourth-order valence-electron chi connectivity index (χ4n) is 2.64. The Labute approximate surface area is 131 Å². The number of nitrogens with zero attached hydrogens (tertiary/aromatic N) is 1. The molecular weight excluding hydrogens is 310 g/mol. The molecule has 0 aliphatic heterocycles. The van der Waals surface area contributed by atoms with Crippen LogP contribution in [0.1, 0.15) is 13.3 Å². The molecular formula is C15H18F2N2O2S. The Morgan fingerprint density at radius 3 is 2.59 bits per heavy atom. The van der Waals surface area contributed by atoms with Crippen LogP contribution in [0.25, 0.3) is 10.2 Å². The van der Waals surface area contributed by atoms with Crippen LogP contribution in [0.3, 0.4) is 0 Å². The maximum absolute atomic E-state index is 13.1. The van der Waals surface area contributed by atoms with E-state index in [1.807, 2.05) is 12.1 Å². The molecule has 0 unspecified atom stereocenters. The van der Waals surface area contributed by atoms with Crippen molar-refractivity contribution in [1.82, 2.24) is 4.98 Å². The Morgan fingerprint density at radius 1 is 1.32 bits per heavy atom. The molecule has 7 heteroatoms. The number of hydrogen-bond donors (Lipinski definition) is 1. The van der Waals surface area contributed by atoms with E-state index < -0.39 is 11.8 Å². The van der Waals surface area contributed by atoms with Crippen LogP contribution in [-0.4, -0.2) is 31.7 Å². The summed E-state index contributed by atoms with van der Waals surface area (Å²) >= 11 is 1.48. The van der Waals surface area contributed by atoms with Crippen molar-refractivity contribution in [3.05, 3.63) is 12.1 Å². The standard InChI is InChI=1S/C15H18F2N2O2S/c1-15(16,17)9-4-8(9)7-18-14-19-10-5-11(20-2)12(21-3)6-13(10)22-14/h5-6,8-9H,4,7H2,1-3H3,(H,18,19)/t8-,9+/m0/s1. The Morgan fingerprint density at radius 2 is 2.00 bits per heavy atom. The molecule has 1 aromatic carbocycles. The molecule has 0 saturated heterocycles. The van der Waals surface area contributed by atoms with Crippen LogP contribution >= 0.6 is 11.3 Å². The van der Waals surface area contributed by atoms with Gasteiger partial charge in [0.25, 0.3) is 0 Å². The smallest absolute Gasteiger partial charge is 0.248 e. The second-order valence-electron chi connectivity index (χ2n) is 5.63. The maximum Gasteiger partial charge on any atom is 0.248 e. The number of benzene rings is 1. The van der Waals surface area contributed by atoms with Crippen molar-refractivity contribution in [2.75, 3.05) is 26.1 Å². The van der Waals surface area contributed by atoms with Gasteiger partial charge in [-0.3, -0.25) is 0 Å². The fourth-order valence-corrected chi connectivity index (χ4v) is 3.53. The van der Waals surface area contributed by atoms with Crippen molar-refractivity contribution in [3.63, 3.8) is 0 Å². The third kappa shape index (κ3) is 2.95. The number of thiazole rings is 1. The molecule has 1 fully saturated rings. The summed E-state index contributed by atoms with van der Waals surface area (Å²) in [5, 5.41) is 3.90. The van der Waals surface area contributed by atoms with E-state index >= 15 is 0 Å². The summed E-state index contributed by atoms with van der Waals surface area (Å²) in [4.78, 5) is 4.47. The lowest BCUT2D eigenvalue weighted by Gasteiger charge is -2.09. The highest BCUT2D eigenvalue weighted by Gasteiger charge is 2.51. The number of hydrogen-bond acceptors (Lipinski definition) is 5. The van der Waals surface area contributed by atoms with Gasteiger partial charge in [0.1, 0.15) is 0 Å². The topological polar surface area (TPSA) is 43.4 Å². The van der Waals surface area contributed by atoms with Gasteiger partial charge in [0.15, 0.2) is 16.6 Å². The molecule has 0 bridgehead atoms. The first kappa shape index (κ1) is 15.3. The molecule has 1 aliphatic carbocycles. The zero-order valence-electron chi connectivity index (χ0n) is 12.7. The van der Waals surface area contributed by atoms with Crippen molar-refractivity contribution in [2.24, 2.45) is 11.8 Å². The summed E-state index contributed by atoms with van der Waals surface area (Å²) in [7, 11) is 3.16. The van der Waals surface area contributed by atoms with E-state index in [9.17, 15) is 8.78 Å². The van der Waals surface area contributed by atoms with Gasteiger partial charge in [0.2, 0.25) is 5.92 Å². The normalized spacial score (nSPS) is 21.0. The van der Waals surface area contributed by atoms with Gasteiger partial charge in [-0.2, -0.15) is 0 Å². The first-order valence-electron chi connectivity index (χ1n) is 7.06. The Kier molecular flexibility index (Phi) is 3.84. The highest BCUT2D eigenvalue weighted by atomic mass is 32.1. The number of rotatable bonds is 6. The fraction of sp³-hybridized carbons (Fsp3) is 0.533. The molecule has 2 atom stereocenters. The van der Waals surface area contributed by atoms with Crippen LogP contribution in [-0.2, 0) is 0 Å². The third-order valence-electron chi connectivity index (χ3n) is 3.98. The Balaban J connectivity index is 1.70. The number of nitrogens with one attached hydrogen (secondary N) is 1. The summed E-state index contributed by atoms with van der Waals surface area (Å²) < 4.78 is 37.8. The number of methoxy groups -OCH3 is 2. The van der Waals surface area contributed by atoms with Gasteiger partial charge in [0, 0.05) is 24.6 Å². The number of fused-ring (bicyclic) bond motifs is 1. The number of alkyl halides is 2. The van der Waals surface area contributed by atoms with Crippen molar-refractivity contribution in [2.45, 2.75) is 19.3 Å². The molecule has 1 saturated carbocycles. The number of halogens is 2. The summed E-state index contributed by atoms with van der Waals surface area (Å²) in [5.74, 6) is -1.79. The molecule has 0 amide bonds. The monoisotopic (exact) mass is 328 g/mol. The lowest BCUT2D eigenvalue weighted by Crippen LogP contribution is -2.16. The summed E-state index contributed by atoms with van der Waals surface area (Å²) in [5.41, 5.74) is 0.804. The molecule has 22 heavy (non-hydrogen) atoms. The van der Waals surface area contributed by atoms with Crippen molar-refractivity contribution in [1.29, 1.82) is 0 Å². The molecule has 120 valence electrons. The van der Waals surface area contributed by atoms with Crippen LogP contribution < -0.4 is 14.8 Å². The molecule has 4 nitrogen and oxygen atoms in total. The SMILES string of the molecule is COc1cc2nc(NC[C@@H]3C[C@H]3C(C)(F)F)sc2cc1OC. The maximum atomic E-state index is 13.1. The predicted molar refractivity (Wildman–Crippen MR) is 83.4 cm³/mol. The van der Waals surface area contributed by atoms with E-state index in [0.29, 0.717) is 24.5 Å². The van der Waals surface area contributed by atoms with E-state index in [1.54, 1.807) is 14.2 Å². The largest absolute Gasteiger partial charge is 0.493 e. The van der Waals surface area contributed by atoms with Gasteiger partial charge >= 0.3 is 0 Å². The van der Waals surface area contributed by atoms with Crippen LogP contribution in [0, 0.1) is 11.8 Å². The lowest BCUT2D eigenvalue weighted by molar-refractivity contribution is -0.00673. The van der Waals surface area contributed by atoms with E-state index in [0.717, 1.165) is 22.3 Å². The van der Waals surface area contributed by atoms with Gasteiger partial charge in [-0.15, -0.1) is 0 Å². The zero-order chi connectivity index (χ0) is 15.9. The van der Waals surface area contributed by atoms with Crippen LogP contribution in [0.15, 0.2) is 12.1 Å².